The molecule has 36 heavy (non-hydrogen) atoms. The first kappa shape index (κ1) is 27.1. The van der Waals surface area contributed by atoms with Crippen LogP contribution in [0, 0.1) is 12.3 Å². The minimum atomic E-state index is -0.766. The summed E-state index contributed by atoms with van der Waals surface area (Å²) in [4.78, 5) is 0. The van der Waals surface area contributed by atoms with Gasteiger partial charge in [-0.25, -0.2) is 0 Å². The molecule has 3 rings (SSSR count). The van der Waals surface area contributed by atoms with Gasteiger partial charge in [-0.1, -0.05) is 91.1 Å². The maximum absolute atomic E-state index is 7.61. The largest absolute Gasteiger partial charge is 0.364 e. The fourth-order valence-electron chi connectivity index (χ4n) is 4.96. The van der Waals surface area contributed by atoms with E-state index in [1.165, 1.54) is 17.3 Å². The number of methoxy groups -OCH3 is 1. The first-order valence-electron chi connectivity index (χ1n) is 12.7. The molecule has 0 radical (unpaired) electrons. The third-order valence-electron chi connectivity index (χ3n) is 6.81. The second-order valence-electron chi connectivity index (χ2n) is 9.42. The van der Waals surface area contributed by atoms with Gasteiger partial charge in [-0.3, -0.25) is 0 Å². The molecule has 2 nitrogen and oxygen atoms in total. The van der Waals surface area contributed by atoms with Gasteiger partial charge in [-0.2, -0.15) is 0 Å². The van der Waals surface area contributed by atoms with Gasteiger partial charge in [0.15, 0.2) is 0 Å². The van der Waals surface area contributed by atoms with Gasteiger partial charge >= 0.3 is 0 Å². The van der Waals surface area contributed by atoms with Gasteiger partial charge in [-0.05, 0) is 97.4 Å². The summed E-state index contributed by atoms with van der Waals surface area (Å²) in [5.74, 6) is 0. The Balaban J connectivity index is 2.44. The molecular weight excluding hydrogens is 438 g/mol. The maximum atomic E-state index is 7.61. The topological polar surface area (TPSA) is 33.1 Å². The number of ether oxygens (including phenoxy) is 1. The fourth-order valence-corrected chi connectivity index (χ4v) is 4.96. The molecule has 0 saturated heterocycles. The summed E-state index contributed by atoms with van der Waals surface area (Å²) in [7, 11) is 1.79. The monoisotopic (exact) mass is 477 g/mol. The molecule has 2 aromatic rings. The van der Waals surface area contributed by atoms with Crippen LogP contribution in [0.3, 0.4) is 0 Å². The van der Waals surface area contributed by atoms with Crippen LogP contribution >= 0.6 is 0 Å². The smallest absolute Gasteiger partial charge is 0.139 e. The predicted molar refractivity (Wildman–Crippen MR) is 156 cm³/mol. The van der Waals surface area contributed by atoms with Crippen molar-refractivity contribution < 1.29 is 4.74 Å². The van der Waals surface area contributed by atoms with Gasteiger partial charge in [0, 0.05) is 13.5 Å². The Morgan fingerprint density at radius 1 is 1.11 bits per heavy atom. The second kappa shape index (κ2) is 12.5. The van der Waals surface area contributed by atoms with Crippen LogP contribution in [-0.2, 0) is 16.8 Å². The molecule has 1 N–H and O–H groups in total. The maximum Gasteiger partial charge on any atom is 0.139 e. The third kappa shape index (κ3) is 5.83. The van der Waals surface area contributed by atoms with E-state index in [-0.39, 0.29) is 0 Å². The van der Waals surface area contributed by atoms with E-state index in [2.05, 4.69) is 112 Å². The van der Waals surface area contributed by atoms with E-state index >= 15 is 0 Å². The molecule has 0 heterocycles. The first-order chi connectivity index (χ1) is 17.4. The number of hydrogen-bond acceptors (Lipinski definition) is 2. The summed E-state index contributed by atoms with van der Waals surface area (Å²) < 4.78 is 6.49. The predicted octanol–water partition coefficient (Wildman–Crippen LogP) is 8.84. The van der Waals surface area contributed by atoms with Crippen LogP contribution in [0.4, 0.5) is 0 Å². The van der Waals surface area contributed by atoms with Crippen molar-refractivity contribution in [3.05, 3.63) is 136 Å². The van der Waals surface area contributed by atoms with Crippen molar-refractivity contribution in [2.75, 3.05) is 7.11 Å². The molecule has 1 atom stereocenters. The Bertz CT molecular complexity index is 1270. The zero-order chi connectivity index (χ0) is 26.1. The van der Waals surface area contributed by atoms with E-state index in [1.807, 2.05) is 6.92 Å². The van der Waals surface area contributed by atoms with E-state index in [0.29, 0.717) is 6.42 Å². The molecule has 0 aliphatic heterocycles. The number of hydrogen-bond donors (Lipinski definition) is 1. The van der Waals surface area contributed by atoms with Gasteiger partial charge in [0.25, 0.3) is 0 Å². The number of fused-ring (bicyclic) bond motifs is 4. The van der Waals surface area contributed by atoms with Crippen LogP contribution in [0.2, 0.25) is 0 Å². The Hall–Kier alpha value is -3.49. The number of nitrogens with one attached hydrogen (secondary N) is 1. The first-order valence-corrected chi connectivity index (χ1v) is 12.7. The molecule has 186 valence electrons. The van der Waals surface area contributed by atoms with Gasteiger partial charge < -0.3 is 10.1 Å². The van der Waals surface area contributed by atoms with Crippen molar-refractivity contribution in [3.8, 4) is 0 Å². The molecule has 1 aliphatic rings. The molecule has 0 aromatic heterocycles. The van der Waals surface area contributed by atoms with E-state index < -0.39 is 5.60 Å². The molecular formula is C34H39NO. The number of aryl methyl sites for hydroxylation is 2. The Morgan fingerprint density at radius 2 is 1.89 bits per heavy atom. The lowest BCUT2D eigenvalue weighted by Crippen LogP contribution is -2.32. The highest BCUT2D eigenvalue weighted by molar-refractivity contribution is 5.85. The number of benzene rings is 2. The molecule has 2 aromatic carbocycles. The Labute approximate surface area is 217 Å². The second-order valence-corrected chi connectivity index (χ2v) is 9.42. The summed E-state index contributed by atoms with van der Waals surface area (Å²) in [5, 5.41) is 7.61. The van der Waals surface area contributed by atoms with Crippen LogP contribution in [-0.4, -0.2) is 13.3 Å². The lowest BCUT2D eigenvalue weighted by Gasteiger charge is -2.36. The summed E-state index contributed by atoms with van der Waals surface area (Å²) in [5.41, 5.74) is 9.40. The Morgan fingerprint density at radius 3 is 2.58 bits per heavy atom. The van der Waals surface area contributed by atoms with Crippen LogP contribution < -0.4 is 0 Å². The van der Waals surface area contributed by atoms with Crippen molar-refractivity contribution in [1.82, 2.24) is 0 Å². The zero-order valence-electron chi connectivity index (χ0n) is 22.4. The molecule has 0 spiro atoms. The third-order valence-corrected chi connectivity index (χ3v) is 6.81. The molecule has 4 bridgehead atoms. The molecule has 0 saturated carbocycles. The van der Waals surface area contributed by atoms with Crippen molar-refractivity contribution >= 4 is 11.8 Å². The van der Waals surface area contributed by atoms with Crippen LogP contribution in [0.25, 0.3) is 5.57 Å². The standard InChI is InChI=1S/C34H39NO/c1-7-29-17-11-9-8-10-15-28-16-12-18-30(23-28)34(36-6,27(5)14-13-21-35)31-20-19-26(4)32(24-31)33(29)22-25(2)3/h7-9,11-12,14,16-24,35H,2,10,13,15H2,1,3-6H3/b9-8?,17-11-,27-14+,29-7+,33-22-,35-21?. The van der Waals surface area contributed by atoms with Crippen molar-refractivity contribution in [2.45, 2.75) is 52.6 Å². The highest BCUT2D eigenvalue weighted by Crippen LogP contribution is 2.42. The van der Waals surface area contributed by atoms with E-state index in [1.54, 1.807) is 7.11 Å². The van der Waals surface area contributed by atoms with E-state index in [0.717, 1.165) is 51.8 Å². The highest BCUT2D eigenvalue weighted by atomic mass is 16.5. The van der Waals surface area contributed by atoms with Gasteiger partial charge in [0.05, 0.1) is 0 Å². The van der Waals surface area contributed by atoms with Crippen molar-refractivity contribution in [2.24, 2.45) is 0 Å². The quantitative estimate of drug-likeness (QED) is 0.339. The van der Waals surface area contributed by atoms with E-state index in [9.17, 15) is 0 Å². The van der Waals surface area contributed by atoms with Gasteiger partial charge in [-0.15, -0.1) is 0 Å². The average Bonchev–Trinajstić information content (AvgIpc) is 2.87. The summed E-state index contributed by atoms with van der Waals surface area (Å²) >= 11 is 0. The highest BCUT2D eigenvalue weighted by Gasteiger charge is 2.37. The van der Waals surface area contributed by atoms with E-state index in [4.69, 9.17) is 10.1 Å². The molecule has 1 aliphatic carbocycles. The molecule has 1 unspecified atom stereocenters. The summed E-state index contributed by atoms with van der Waals surface area (Å²) in [6.07, 6.45) is 19.0. The molecule has 2 heteroatoms. The lowest BCUT2D eigenvalue weighted by atomic mass is 9.77. The number of rotatable bonds is 5. The Kier molecular flexibility index (Phi) is 9.38. The van der Waals surface area contributed by atoms with Crippen LogP contribution in [0.15, 0.2) is 108 Å². The number of allylic oxidation sites excluding steroid dienone is 10. The average molecular weight is 478 g/mol. The zero-order valence-corrected chi connectivity index (χ0v) is 22.4. The summed E-state index contributed by atoms with van der Waals surface area (Å²) in [6.45, 7) is 12.6. The lowest BCUT2D eigenvalue weighted by molar-refractivity contribution is 0.0545. The summed E-state index contributed by atoms with van der Waals surface area (Å²) in [6, 6.07) is 15.4. The van der Waals surface area contributed by atoms with Crippen LogP contribution in [0.1, 0.15) is 61.4 Å². The van der Waals surface area contributed by atoms with Crippen LogP contribution in [0.5, 0.6) is 0 Å². The molecule has 0 amide bonds. The van der Waals surface area contributed by atoms with Gasteiger partial charge in [0.2, 0.25) is 0 Å². The fraction of sp³-hybridized carbons (Fsp3) is 0.265. The van der Waals surface area contributed by atoms with Gasteiger partial charge in [0.1, 0.15) is 5.60 Å². The minimum Gasteiger partial charge on any atom is -0.364 e. The van der Waals surface area contributed by atoms with Crippen molar-refractivity contribution in [1.29, 1.82) is 5.41 Å². The minimum absolute atomic E-state index is 0.564. The van der Waals surface area contributed by atoms with Crippen molar-refractivity contribution in [3.63, 3.8) is 0 Å². The molecule has 0 fully saturated rings. The normalized spacial score (nSPS) is 21.6. The SMILES string of the molecule is C=C(C)/C=C1C(=C/C)/C=C\C=CCCc2cccc(c2)C(OC)(/C(C)=C/CC=N)c2ccc(C)c/1c2.